The van der Waals surface area contributed by atoms with Gasteiger partial charge in [0.15, 0.2) is 0 Å². The van der Waals surface area contributed by atoms with Gasteiger partial charge in [-0.25, -0.2) is 0 Å². The van der Waals surface area contributed by atoms with Crippen LogP contribution in [0.15, 0.2) is 24.3 Å². The molecule has 1 aliphatic rings. The average molecular weight is 260 g/mol. The minimum absolute atomic E-state index is 0.644. The van der Waals surface area contributed by atoms with E-state index in [4.69, 9.17) is 0 Å². The van der Waals surface area contributed by atoms with E-state index in [1.807, 2.05) is 0 Å². The summed E-state index contributed by atoms with van der Waals surface area (Å²) < 4.78 is 0. The van der Waals surface area contributed by atoms with Gasteiger partial charge in [0.2, 0.25) is 0 Å². The standard InChI is InChI=1S/C17H28N2/c1-13-8-9-17(14(2)10-13)18-16-7-5-6-15(11-16)12-19(3)4/h5-7,11,13-14,17-18H,8-10,12H2,1-4H3. The van der Waals surface area contributed by atoms with Crippen molar-refractivity contribution in [2.75, 3.05) is 19.4 Å². The maximum absolute atomic E-state index is 3.75. The molecule has 0 heterocycles. The van der Waals surface area contributed by atoms with Crippen LogP contribution in [0, 0.1) is 11.8 Å². The second-order valence-corrected chi connectivity index (χ2v) is 6.58. The predicted molar refractivity (Wildman–Crippen MR) is 83.4 cm³/mol. The zero-order chi connectivity index (χ0) is 13.8. The van der Waals surface area contributed by atoms with Crippen LogP contribution < -0.4 is 5.32 Å². The van der Waals surface area contributed by atoms with Gasteiger partial charge in [-0.15, -0.1) is 0 Å². The first kappa shape index (κ1) is 14.4. The Labute approximate surface area is 118 Å². The number of hydrogen-bond donors (Lipinski definition) is 1. The lowest BCUT2D eigenvalue weighted by Gasteiger charge is -2.34. The summed E-state index contributed by atoms with van der Waals surface area (Å²) in [5, 5.41) is 3.75. The highest BCUT2D eigenvalue weighted by Gasteiger charge is 2.24. The van der Waals surface area contributed by atoms with Crippen LogP contribution in [0.25, 0.3) is 0 Å². The van der Waals surface area contributed by atoms with Crippen LogP contribution in [-0.4, -0.2) is 25.0 Å². The fourth-order valence-corrected chi connectivity index (χ4v) is 3.22. The van der Waals surface area contributed by atoms with Gasteiger partial charge in [0.05, 0.1) is 0 Å². The molecule has 0 saturated heterocycles. The molecule has 1 aromatic rings. The van der Waals surface area contributed by atoms with Gasteiger partial charge in [-0.05, 0) is 62.9 Å². The molecule has 2 heteroatoms. The number of nitrogens with one attached hydrogen (secondary N) is 1. The van der Waals surface area contributed by atoms with Crippen molar-refractivity contribution in [2.24, 2.45) is 11.8 Å². The smallest absolute Gasteiger partial charge is 0.0345 e. The second kappa shape index (κ2) is 6.42. The quantitative estimate of drug-likeness (QED) is 0.880. The van der Waals surface area contributed by atoms with Crippen molar-refractivity contribution in [3.63, 3.8) is 0 Å². The van der Waals surface area contributed by atoms with E-state index in [-0.39, 0.29) is 0 Å². The Morgan fingerprint density at radius 3 is 2.68 bits per heavy atom. The van der Waals surface area contributed by atoms with Crippen molar-refractivity contribution < 1.29 is 0 Å². The van der Waals surface area contributed by atoms with Gasteiger partial charge in [0.1, 0.15) is 0 Å². The van der Waals surface area contributed by atoms with Crippen LogP contribution in [0.5, 0.6) is 0 Å². The Kier molecular flexibility index (Phi) is 4.87. The molecule has 0 aliphatic heterocycles. The molecular weight excluding hydrogens is 232 g/mol. The Morgan fingerprint density at radius 1 is 1.21 bits per heavy atom. The molecule has 1 saturated carbocycles. The molecule has 1 aliphatic carbocycles. The van der Waals surface area contributed by atoms with E-state index < -0.39 is 0 Å². The van der Waals surface area contributed by atoms with E-state index in [1.165, 1.54) is 30.5 Å². The average Bonchev–Trinajstić information content (AvgIpc) is 2.32. The molecule has 0 bridgehead atoms. The van der Waals surface area contributed by atoms with Gasteiger partial charge < -0.3 is 10.2 Å². The summed E-state index contributed by atoms with van der Waals surface area (Å²) in [6, 6.07) is 9.51. The molecule has 3 atom stereocenters. The minimum atomic E-state index is 0.644. The van der Waals surface area contributed by atoms with Gasteiger partial charge >= 0.3 is 0 Å². The second-order valence-electron chi connectivity index (χ2n) is 6.58. The van der Waals surface area contributed by atoms with Gasteiger partial charge in [0.25, 0.3) is 0 Å². The number of rotatable bonds is 4. The maximum atomic E-state index is 3.75. The van der Waals surface area contributed by atoms with E-state index >= 15 is 0 Å². The molecular formula is C17H28N2. The molecule has 1 N–H and O–H groups in total. The van der Waals surface area contributed by atoms with Crippen LogP contribution in [0.4, 0.5) is 5.69 Å². The zero-order valence-corrected chi connectivity index (χ0v) is 12.8. The summed E-state index contributed by atoms with van der Waals surface area (Å²) in [4.78, 5) is 2.21. The Balaban J connectivity index is 1.98. The van der Waals surface area contributed by atoms with Gasteiger partial charge in [-0.3, -0.25) is 0 Å². The van der Waals surface area contributed by atoms with Crippen LogP contribution in [0.3, 0.4) is 0 Å². The molecule has 0 radical (unpaired) electrons. The van der Waals surface area contributed by atoms with Gasteiger partial charge in [0, 0.05) is 18.3 Å². The number of nitrogens with zero attached hydrogens (tertiary/aromatic N) is 1. The number of hydrogen-bond acceptors (Lipinski definition) is 2. The van der Waals surface area contributed by atoms with Crippen molar-refractivity contribution in [1.82, 2.24) is 4.90 Å². The lowest BCUT2D eigenvalue weighted by Crippen LogP contribution is -2.33. The van der Waals surface area contributed by atoms with Crippen molar-refractivity contribution in [2.45, 2.75) is 45.7 Å². The Bertz CT molecular complexity index is 400. The molecule has 19 heavy (non-hydrogen) atoms. The predicted octanol–water partition coefficient (Wildman–Crippen LogP) is 3.98. The Hall–Kier alpha value is -1.02. The van der Waals surface area contributed by atoms with Crippen molar-refractivity contribution in [3.8, 4) is 0 Å². The summed E-state index contributed by atoms with van der Waals surface area (Å²) in [5.74, 6) is 1.68. The van der Waals surface area contributed by atoms with Crippen molar-refractivity contribution in [3.05, 3.63) is 29.8 Å². The topological polar surface area (TPSA) is 15.3 Å². The summed E-state index contributed by atoms with van der Waals surface area (Å²) in [6.07, 6.45) is 4.02. The van der Waals surface area contributed by atoms with Crippen LogP contribution in [0.1, 0.15) is 38.7 Å². The monoisotopic (exact) mass is 260 g/mol. The summed E-state index contributed by atoms with van der Waals surface area (Å²) in [6.45, 7) is 5.77. The maximum Gasteiger partial charge on any atom is 0.0345 e. The van der Waals surface area contributed by atoms with E-state index in [2.05, 4.69) is 62.4 Å². The summed E-state index contributed by atoms with van der Waals surface area (Å²) in [7, 11) is 4.23. The first-order valence-corrected chi connectivity index (χ1v) is 7.55. The highest BCUT2D eigenvalue weighted by atomic mass is 15.0. The van der Waals surface area contributed by atoms with Crippen molar-refractivity contribution in [1.29, 1.82) is 0 Å². The molecule has 0 spiro atoms. The van der Waals surface area contributed by atoms with E-state index in [9.17, 15) is 0 Å². The van der Waals surface area contributed by atoms with Crippen LogP contribution in [0.2, 0.25) is 0 Å². The van der Waals surface area contributed by atoms with E-state index in [0.29, 0.717) is 6.04 Å². The molecule has 1 fully saturated rings. The fourth-order valence-electron chi connectivity index (χ4n) is 3.22. The third kappa shape index (κ3) is 4.24. The van der Waals surface area contributed by atoms with E-state index in [1.54, 1.807) is 0 Å². The van der Waals surface area contributed by atoms with Crippen LogP contribution >= 0.6 is 0 Å². The fraction of sp³-hybridized carbons (Fsp3) is 0.647. The van der Waals surface area contributed by atoms with E-state index in [0.717, 1.165) is 18.4 Å². The minimum Gasteiger partial charge on any atom is -0.382 e. The summed E-state index contributed by atoms with van der Waals surface area (Å²) >= 11 is 0. The molecule has 0 amide bonds. The third-order valence-electron chi connectivity index (χ3n) is 4.21. The SMILES string of the molecule is CC1CCC(Nc2cccc(CN(C)C)c2)C(C)C1. The van der Waals surface area contributed by atoms with Crippen molar-refractivity contribution >= 4 is 5.69 Å². The normalized spacial score (nSPS) is 27.5. The third-order valence-corrected chi connectivity index (χ3v) is 4.21. The van der Waals surface area contributed by atoms with Gasteiger partial charge in [-0.2, -0.15) is 0 Å². The summed E-state index contributed by atoms with van der Waals surface area (Å²) in [5.41, 5.74) is 2.66. The molecule has 3 unspecified atom stereocenters. The molecule has 0 aromatic heterocycles. The first-order valence-electron chi connectivity index (χ1n) is 7.55. The Morgan fingerprint density at radius 2 is 2.00 bits per heavy atom. The lowest BCUT2D eigenvalue weighted by atomic mass is 9.80. The number of benzene rings is 1. The lowest BCUT2D eigenvalue weighted by molar-refractivity contribution is 0.276. The molecule has 2 rings (SSSR count). The van der Waals surface area contributed by atoms with Gasteiger partial charge in [-0.1, -0.05) is 26.0 Å². The zero-order valence-electron chi connectivity index (χ0n) is 12.8. The van der Waals surface area contributed by atoms with Crippen LogP contribution in [-0.2, 0) is 6.54 Å². The highest BCUT2D eigenvalue weighted by Crippen LogP contribution is 2.30. The number of anilines is 1. The largest absolute Gasteiger partial charge is 0.382 e. The first-order chi connectivity index (χ1) is 9.04. The molecule has 1 aromatic carbocycles. The molecule has 2 nitrogen and oxygen atoms in total. The highest BCUT2D eigenvalue weighted by molar-refractivity contribution is 5.46. The molecule has 106 valence electrons.